The fourth-order valence-corrected chi connectivity index (χ4v) is 8.74. The van der Waals surface area contributed by atoms with E-state index in [0.29, 0.717) is 6.67 Å². The number of allylic oxidation sites excluding steroid dienone is 5. The Morgan fingerprint density at radius 1 is 0.574 bits per heavy atom. The minimum absolute atomic E-state index is 0.407. The topological polar surface area (TPSA) is 39.5 Å². The van der Waals surface area contributed by atoms with E-state index in [1.165, 1.54) is 32.7 Å². The highest BCUT2D eigenvalue weighted by Gasteiger charge is 2.19. The molecule has 7 aromatic carbocycles. The summed E-state index contributed by atoms with van der Waals surface area (Å²) in [5, 5.41) is 4.79. The molecule has 0 radical (unpaired) electrons. The molecule has 0 N–H and O–H groups in total. The van der Waals surface area contributed by atoms with Crippen LogP contribution in [0.2, 0.25) is 0 Å². The maximum atomic E-state index is 5.47. The molecule has 0 saturated carbocycles. The summed E-state index contributed by atoms with van der Waals surface area (Å²) in [7, 11) is 0. The van der Waals surface area contributed by atoms with Gasteiger partial charge in [0.2, 0.25) is 0 Å². The van der Waals surface area contributed by atoms with Crippen molar-refractivity contribution < 1.29 is 0 Å². The number of aromatic nitrogens is 3. The van der Waals surface area contributed by atoms with Crippen LogP contribution in [0.25, 0.3) is 77.2 Å². The van der Waals surface area contributed by atoms with Crippen LogP contribution in [0.15, 0.2) is 223 Å². The first kappa shape index (κ1) is 37.3. The fourth-order valence-electron chi connectivity index (χ4n) is 8.74. The summed E-state index contributed by atoms with van der Waals surface area (Å²) in [6, 6.07) is 62.4. The van der Waals surface area contributed by atoms with Crippen LogP contribution >= 0.6 is 0 Å². The molecule has 3 heterocycles. The molecule has 0 fully saturated rings. The molecular weight excluding hydrogens is 743 g/mol. The number of hydrogen-bond donors (Lipinski definition) is 0. The monoisotopic (exact) mass is 785 g/mol. The molecule has 61 heavy (non-hydrogen) atoms. The third kappa shape index (κ3) is 6.63. The van der Waals surface area contributed by atoms with Crippen molar-refractivity contribution in [2.24, 2.45) is 9.98 Å². The van der Waals surface area contributed by atoms with Crippen molar-refractivity contribution in [2.45, 2.75) is 13.6 Å². The van der Waals surface area contributed by atoms with E-state index in [4.69, 9.17) is 4.99 Å². The lowest BCUT2D eigenvalue weighted by molar-refractivity contribution is 0.793. The van der Waals surface area contributed by atoms with Gasteiger partial charge in [0.15, 0.2) is 0 Å². The molecule has 0 amide bonds. The van der Waals surface area contributed by atoms with E-state index in [-0.39, 0.29) is 0 Å². The Balaban J connectivity index is 1.09. The predicted molar refractivity (Wildman–Crippen MR) is 260 cm³/mol. The first-order valence-corrected chi connectivity index (χ1v) is 20.6. The van der Waals surface area contributed by atoms with Gasteiger partial charge in [-0.05, 0) is 103 Å². The molecular formula is C56H43N5. The number of para-hydroxylation sites is 3. The lowest BCUT2D eigenvalue weighted by atomic mass is 9.99. The SMILES string of the molecule is C=C/C(=C\C=C/C)n1c2ccccc2c2cc(-c3ccc4c(c3)c3ccccc3n4C/N=C(/c3ccc(-c4ccccc4)cc3)c3ccn(-c4ccccc4)c3N=C)ccc21. The number of hydrogen-bond acceptors (Lipinski definition) is 2. The molecule has 292 valence electrons. The second-order valence-corrected chi connectivity index (χ2v) is 15.1. The Bertz CT molecular complexity index is 3350. The summed E-state index contributed by atoms with van der Waals surface area (Å²) in [6.07, 6.45) is 10.2. The van der Waals surface area contributed by atoms with Crippen molar-refractivity contribution >= 4 is 67.6 Å². The standard InChI is InChI=1S/C56H43N5/c1-4-6-19-44(5-2)61-53-25-16-14-23-47(53)50-37-43(31-33-54(50)61)42-30-32-52-49(36-42)46-22-13-15-24-51(46)60(52)38-58-55(41-28-26-40(27-29-41)39-17-9-7-10-18-39)48-34-35-59(56(48)57-3)45-20-11-8-12-21-45/h4-37H,2-3,38H2,1H3/b6-4-,44-19+,58-55-. The van der Waals surface area contributed by atoms with Gasteiger partial charge >= 0.3 is 0 Å². The molecule has 0 unspecified atom stereocenters. The minimum atomic E-state index is 0.407. The highest BCUT2D eigenvalue weighted by Crippen LogP contribution is 2.38. The van der Waals surface area contributed by atoms with Crippen LogP contribution in [0.4, 0.5) is 5.82 Å². The number of nitrogens with zero attached hydrogens (tertiary/aromatic N) is 5. The van der Waals surface area contributed by atoms with Crippen LogP contribution in [0, 0.1) is 0 Å². The van der Waals surface area contributed by atoms with E-state index in [1.54, 1.807) is 0 Å². The Kier molecular flexibility index (Phi) is 9.75. The highest BCUT2D eigenvalue weighted by atomic mass is 15.1. The van der Waals surface area contributed by atoms with E-state index in [2.05, 4.69) is 202 Å². The summed E-state index contributed by atoms with van der Waals surface area (Å²) in [5.41, 5.74) is 14.0. The van der Waals surface area contributed by atoms with Gasteiger partial charge in [-0.15, -0.1) is 0 Å². The summed E-state index contributed by atoms with van der Waals surface area (Å²) in [6.45, 7) is 10.6. The molecule has 0 aliphatic carbocycles. The Morgan fingerprint density at radius 3 is 1.82 bits per heavy atom. The van der Waals surface area contributed by atoms with Crippen molar-refractivity contribution in [3.05, 3.63) is 224 Å². The molecule has 0 saturated heterocycles. The maximum Gasteiger partial charge on any atom is 0.145 e. The van der Waals surface area contributed by atoms with Gasteiger partial charge in [-0.25, -0.2) is 4.99 Å². The van der Waals surface area contributed by atoms with Crippen LogP contribution in [0.1, 0.15) is 18.1 Å². The molecule has 10 rings (SSSR count). The first-order chi connectivity index (χ1) is 30.1. The molecule has 5 nitrogen and oxygen atoms in total. The highest BCUT2D eigenvalue weighted by molar-refractivity contribution is 6.16. The van der Waals surface area contributed by atoms with Gasteiger partial charge in [0.05, 0.1) is 27.8 Å². The largest absolute Gasteiger partial charge is 0.320 e. The molecule has 5 heteroatoms. The average Bonchev–Trinajstić information content (AvgIpc) is 4.00. The van der Waals surface area contributed by atoms with Gasteiger partial charge < -0.3 is 13.7 Å². The quantitative estimate of drug-likeness (QED) is 0.0926. The summed E-state index contributed by atoms with van der Waals surface area (Å²) < 4.78 is 6.70. The third-order valence-corrected chi connectivity index (χ3v) is 11.6. The summed E-state index contributed by atoms with van der Waals surface area (Å²) in [5.74, 6) is 0.749. The minimum Gasteiger partial charge on any atom is -0.320 e. The molecule has 10 aromatic rings. The van der Waals surface area contributed by atoms with E-state index in [0.717, 1.165) is 67.2 Å². The molecule has 3 aromatic heterocycles. The normalized spacial score (nSPS) is 12.3. The lowest BCUT2D eigenvalue weighted by Gasteiger charge is -2.12. The zero-order valence-electron chi connectivity index (χ0n) is 34.0. The third-order valence-electron chi connectivity index (χ3n) is 11.6. The zero-order chi connectivity index (χ0) is 41.3. The van der Waals surface area contributed by atoms with Crippen molar-refractivity contribution in [1.82, 2.24) is 13.7 Å². The fraction of sp³-hybridized carbons (Fsp3) is 0.0357. The van der Waals surface area contributed by atoms with Gasteiger partial charge in [-0.2, -0.15) is 0 Å². The van der Waals surface area contributed by atoms with E-state index < -0.39 is 0 Å². The van der Waals surface area contributed by atoms with E-state index >= 15 is 0 Å². The zero-order valence-corrected chi connectivity index (χ0v) is 34.0. The molecule has 0 bridgehead atoms. The van der Waals surface area contributed by atoms with E-state index in [9.17, 15) is 0 Å². The lowest BCUT2D eigenvalue weighted by Crippen LogP contribution is -2.07. The van der Waals surface area contributed by atoms with Gasteiger partial charge in [-0.3, -0.25) is 4.99 Å². The number of fused-ring (bicyclic) bond motifs is 6. The first-order valence-electron chi connectivity index (χ1n) is 20.6. The van der Waals surface area contributed by atoms with Crippen LogP contribution in [-0.2, 0) is 6.67 Å². The smallest absolute Gasteiger partial charge is 0.145 e. The Morgan fingerprint density at radius 2 is 1.13 bits per heavy atom. The summed E-state index contributed by atoms with van der Waals surface area (Å²) >= 11 is 0. The van der Waals surface area contributed by atoms with Crippen molar-refractivity contribution in [3.8, 4) is 27.9 Å². The second-order valence-electron chi connectivity index (χ2n) is 15.1. The van der Waals surface area contributed by atoms with Gasteiger partial charge in [0.25, 0.3) is 0 Å². The van der Waals surface area contributed by atoms with Gasteiger partial charge in [0.1, 0.15) is 12.5 Å². The molecule has 0 aliphatic heterocycles. The van der Waals surface area contributed by atoms with E-state index in [1.807, 2.05) is 43.3 Å². The van der Waals surface area contributed by atoms with Crippen LogP contribution < -0.4 is 0 Å². The maximum absolute atomic E-state index is 5.47. The van der Waals surface area contributed by atoms with Crippen LogP contribution in [0.3, 0.4) is 0 Å². The van der Waals surface area contributed by atoms with Crippen LogP contribution in [-0.4, -0.2) is 26.1 Å². The van der Waals surface area contributed by atoms with Crippen molar-refractivity contribution in [3.63, 3.8) is 0 Å². The molecule has 0 aliphatic rings. The Hall–Kier alpha value is -8.02. The van der Waals surface area contributed by atoms with Gasteiger partial charge in [-0.1, -0.05) is 140 Å². The van der Waals surface area contributed by atoms with Crippen LogP contribution in [0.5, 0.6) is 0 Å². The van der Waals surface area contributed by atoms with Crippen molar-refractivity contribution in [2.75, 3.05) is 0 Å². The average molecular weight is 786 g/mol. The predicted octanol–water partition coefficient (Wildman–Crippen LogP) is 14.5. The number of rotatable bonds is 11. The van der Waals surface area contributed by atoms with Gasteiger partial charge in [0, 0.05) is 50.3 Å². The second kappa shape index (κ2) is 16.0. The van der Waals surface area contributed by atoms with Crippen molar-refractivity contribution in [1.29, 1.82) is 0 Å². The molecule has 0 atom stereocenters. The summed E-state index contributed by atoms with van der Waals surface area (Å²) in [4.78, 5) is 10.0. The number of benzene rings is 7. The number of aliphatic imine (C=N–C) groups is 2. The molecule has 0 spiro atoms. The Labute approximate surface area is 355 Å².